The number of likely N-dealkylation sites (tertiary alicyclic amines) is 1. The van der Waals surface area contributed by atoms with Gasteiger partial charge in [-0.1, -0.05) is 13.0 Å². The quantitative estimate of drug-likeness (QED) is 0.365. The lowest BCUT2D eigenvalue weighted by Gasteiger charge is -2.35. The van der Waals surface area contributed by atoms with Gasteiger partial charge in [0.15, 0.2) is 5.96 Å². The summed E-state index contributed by atoms with van der Waals surface area (Å²) < 4.78 is 5.43. The summed E-state index contributed by atoms with van der Waals surface area (Å²) in [6, 6.07) is 4.83. The van der Waals surface area contributed by atoms with Crippen molar-refractivity contribution in [3.8, 4) is 0 Å². The molecule has 0 radical (unpaired) electrons. The van der Waals surface area contributed by atoms with Crippen molar-refractivity contribution in [3.05, 3.63) is 22.4 Å². The Balaban J connectivity index is 1.51. The molecule has 2 aliphatic heterocycles. The highest BCUT2D eigenvalue weighted by molar-refractivity contribution is 7.10. The average molecular weight is 422 g/mol. The summed E-state index contributed by atoms with van der Waals surface area (Å²) in [5.74, 6) is 1.80. The Kier molecular flexibility index (Phi) is 9.73. The van der Waals surface area contributed by atoms with Crippen LogP contribution in [0.2, 0.25) is 0 Å². The van der Waals surface area contributed by atoms with Crippen LogP contribution in [0.3, 0.4) is 0 Å². The second-order valence-electron chi connectivity index (χ2n) is 8.20. The minimum absolute atomic E-state index is 0.395. The van der Waals surface area contributed by atoms with Crippen molar-refractivity contribution >= 4 is 17.3 Å². The van der Waals surface area contributed by atoms with Crippen LogP contribution < -0.4 is 10.6 Å². The van der Waals surface area contributed by atoms with Crippen molar-refractivity contribution in [1.29, 1.82) is 0 Å². The smallest absolute Gasteiger partial charge is 0.191 e. The molecule has 0 bridgehead atoms. The number of nitrogens with zero attached hydrogens (tertiary/aromatic N) is 3. The molecule has 1 aromatic heterocycles. The van der Waals surface area contributed by atoms with Crippen molar-refractivity contribution in [3.63, 3.8) is 0 Å². The number of rotatable bonds is 9. The number of piperidine rings is 1. The molecule has 29 heavy (non-hydrogen) atoms. The van der Waals surface area contributed by atoms with E-state index >= 15 is 0 Å². The highest BCUT2D eigenvalue weighted by Crippen LogP contribution is 2.29. The molecule has 0 aromatic carbocycles. The first-order valence-electron chi connectivity index (χ1n) is 11.4. The van der Waals surface area contributed by atoms with Crippen LogP contribution in [0.25, 0.3) is 0 Å². The van der Waals surface area contributed by atoms with Crippen LogP contribution in [0.5, 0.6) is 0 Å². The summed E-state index contributed by atoms with van der Waals surface area (Å²) in [5, 5.41) is 9.15. The lowest BCUT2D eigenvalue weighted by Crippen LogP contribution is -2.41. The van der Waals surface area contributed by atoms with Gasteiger partial charge in [-0.25, -0.2) is 0 Å². The van der Waals surface area contributed by atoms with Gasteiger partial charge in [0.2, 0.25) is 0 Å². The Bertz CT molecular complexity index is 580. The molecule has 2 aliphatic rings. The zero-order valence-electron chi connectivity index (χ0n) is 18.2. The number of guanidine groups is 1. The Morgan fingerprint density at radius 2 is 2.03 bits per heavy atom. The molecule has 1 atom stereocenters. The molecule has 0 saturated carbocycles. The molecule has 7 heteroatoms. The summed E-state index contributed by atoms with van der Waals surface area (Å²) in [6.45, 7) is 14.5. The van der Waals surface area contributed by atoms with E-state index in [0.717, 1.165) is 70.8 Å². The van der Waals surface area contributed by atoms with Crippen molar-refractivity contribution < 1.29 is 4.74 Å². The zero-order chi connectivity index (χ0) is 20.3. The lowest BCUT2D eigenvalue weighted by molar-refractivity contribution is 0.0376. The maximum atomic E-state index is 5.43. The summed E-state index contributed by atoms with van der Waals surface area (Å²) in [6.07, 6.45) is 3.72. The van der Waals surface area contributed by atoms with E-state index in [4.69, 9.17) is 9.73 Å². The van der Waals surface area contributed by atoms with Gasteiger partial charge in [0.05, 0.1) is 25.8 Å². The van der Waals surface area contributed by atoms with Gasteiger partial charge in [0.25, 0.3) is 0 Å². The van der Waals surface area contributed by atoms with Crippen LogP contribution in [0.15, 0.2) is 22.5 Å². The number of morpholine rings is 1. The molecule has 164 valence electrons. The van der Waals surface area contributed by atoms with E-state index in [-0.39, 0.29) is 0 Å². The van der Waals surface area contributed by atoms with Gasteiger partial charge < -0.3 is 15.4 Å². The van der Waals surface area contributed by atoms with Crippen molar-refractivity contribution in [2.75, 3.05) is 65.6 Å². The molecule has 0 aliphatic carbocycles. The molecule has 3 rings (SSSR count). The fourth-order valence-electron chi connectivity index (χ4n) is 4.06. The van der Waals surface area contributed by atoms with Gasteiger partial charge in [-0.3, -0.25) is 14.8 Å². The minimum Gasteiger partial charge on any atom is -0.379 e. The first-order chi connectivity index (χ1) is 14.3. The number of aliphatic imine (C=N–C) groups is 1. The first-order valence-corrected chi connectivity index (χ1v) is 12.2. The molecule has 2 fully saturated rings. The fourth-order valence-corrected chi connectivity index (χ4v) is 4.91. The maximum absolute atomic E-state index is 5.43. The normalized spacial score (nSPS) is 21.2. The second-order valence-corrected chi connectivity index (χ2v) is 9.18. The molecular formula is C22H39N5OS. The lowest BCUT2D eigenvalue weighted by atomic mass is 9.97. The Morgan fingerprint density at radius 1 is 1.24 bits per heavy atom. The molecule has 0 amide bonds. The molecular weight excluding hydrogens is 382 g/mol. The van der Waals surface area contributed by atoms with Crippen LogP contribution in [0, 0.1) is 5.92 Å². The number of hydrogen-bond donors (Lipinski definition) is 2. The van der Waals surface area contributed by atoms with Gasteiger partial charge in [-0.05, 0) is 63.2 Å². The summed E-state index contributed by atoms with van der Waals surface area (Å²) in [7, 11) is 0. The average Bonchev–Trinajstić information content (AvgIpc) is 3.28. The number of ether oxygens (including phenoxy) is 1. The Morgan fingerprint density at radius 3 is 2.72 bits per heavy atom. The molecule has 2 saturated heterocycles. The van der Waals surface area contributed by atoms with Crippen LogP contribution in [0.4, 0.5) is 0 Å². The summed E-state index contributed by atoms with van der Waals surface area (Å²) in [5.41, 5.74) is 0. The summed E-state index contributed by atoms with van der Waals surface area (Å²) in [4.78, 5) is 11.5. The van der Waals surface area contributed by atoms with Gasteiger partial charge in [-0.2, -0.15) is 0 Å². The molecule has 1 aromatic rings. The maximum Gasteiger partial charge on any atom is 0.191 e. The number of nitrogens with one attached hydrogen (secondary N) is 2. The van der Waals surface area contributed by atoms with Gasteiger partial charge in [0.1, 0.15) is 0 Å². The molecule has 2 N–H and O–H groups in total. The molecule has 0 spiro atoms. The fraction of sp³-hybridized carbons (Fsp3) is 0.773. The van der Waals surface area contributed by atoms with E-state index in [1.54, 1.807) is 0 Å². The predicted octanol–water partition coefficient (Wildman–Crippen LogP) is 2.80. The molecule has 6 nitrogen and oxygen atoms in total. The standard InChI is InChI=1S/C22H39N5OS/c1-3-23-22(24-9-5-10-26-13-15-28-16-14-26)25-18-20(21-6-4-17-29-21)27-11-7-19(2)8-12-27/h4,6,17,19-20H,3,5,7-16,18H2,1-2H3,(H2,23,24,25). The van der Waals surface area contributed by atoms with Crippen molar-refractivity contribution in [1.82, 2.24) is 20.4 Å². The number of thiophene rings is 1. The van der Waals surface area contributed by atoms with Gasteiger partial charge in [-0.15, -0.1) is 11.3 Å². The molecule has 1 unspecified atom stereocenters. The zero-order valence-corrected chi connectivity index (χ0v) is 19.1. The van der Waals surface area contributed by atoms with E-state index in [0.29, 0.717) is 6.04 Å². The Labute approximate surface area is 180 Å². The van der Waals surface area contributed by atoms with Crippen LogP contribution >= 0.6 is 11.3 Å². The van der Waals surface area contributed by atoms with E-state index in [1.807, 2.05) is 11.3 Å². The Hall–Kier alpha value is -1.15. The minimum atomic E-state index is 0.395. The topological polar surface area (TPSA) is 52.1 Å². The van der Waals surface area contributed by atoms with Crippen LogP contribution in [-0.2, 0) is 4.74 Å². The molecule has 3 heterocycles. The highest BCUT2D eigenvalue weighted by atomic mass is 32.1. The number of hydrogen-bond acceptors (Lipinski definition) is 5. The predicted molar refractivity (Wildman–Crippen MR) is 123 cm³/mol. The monoisotopic (exact) mass is 421 g/mol. The van der Waals surface area contributed by atoms with Gasteiger partial charge >= 0.3 is 0 Å². The largest absolute Gasteiger partial charge is 0.379 e. The van der Waals surface area contributed by atoms with E-state index < -0.39 is 0 Å². The highest BCUT2D eigenvalue weighted by Gasteiger charge is 2.25. The van der Waals surface area contributed by atoms with E-state index in [1.165, 1.54) is 30.8 Å². The summed E-state index contributed by atoms with van der Waals surface area (Å²) >= 11 is 1.86. The van der Waals surface area contributed by atoms with Crippen molar-refractivity contribution in [2.24, 2.45) is 10.9 Å². The SMILES string of the molecule is CCNC(=NCC(c1cccs1)N1CCC(C)CC1)NCCCN1CCOCC1. The van der Waals surface area contributed by atoms with Gasteiger partial charge in [0, 0.05) is 31.1 Å². The third kappa shape index (κ3) is 7.55. The van der Waals surface area contributed by atoms with E-state index in [2.05, 4.69) is 51.8 Å². The van der Waals surface area contributed by atoms with Crippen LogP contribution in [-0.4, -0.2) is 81.3 Å². The van der Waals surface area contributed by atoms with Crippen LogP contribution in [0.1, 0.15) is 44.0 Å². The third-order valence-electron chi connectivity index (χ3n) is 5.94. The first kappa shape index (κ1) is 22.5. The second kappa shape index (κ2) is 12.5. The van der Waals surface area contributed by atoms with E-state index in [9.17, 15) is 0 Å². The third-order valence-corrected chi connectivity index (χ3v) is 6.92. The van der Waals surface area contributed by atoms with Crippen molar-refractivity contribution in [2.45, 2.75) is 39.2 Å².